The molecule has 2 rings (SSSR count). The Kier molecular flexibility index (Phi) is 5.34. The van der Waals surface area contributed by atoms with E-state index in [-0.39, 0.29) is 17.4 Å². The number of rotatable bonds is 4. The van der Waals surface area contributed by atoms with Crippen LogP contribution in [-0.2, 0) is 0 Å². The van der Waals surface area contributed by atoms with Crippen molar-refractivity contribution in [3.8, 4) is 17.2 Å². The molecule has 1 fully saturated rings. The highest BCUT2D eigenvalue weighted by molar-refractivity contribution is 5.69. The van der Waals surface area contributed by atoms with Gasteiger partial charge in [0.1, 0.15) is 17.2 Å². The van der Waals surface area contributed by atoms with Gasteiger partial charge in [0, 0.05) is 24.1 Å². The van der Waals surface area contributed by atoms with Crippen molar-refractivity contribution >= 4 is 6.08 Å². The fourth-order valence-corrected chi connectivity index (χ4v) is 2.97. The molecule has 2 atom stereocenters. The van der Waals surface area contributed by atoms with Crippen LogP contribution in [-0.4, -0.2) is 46.5 Å². The number of likely N-dealkylation sites (tertiary alicyclic amines) is 1. The zero-order valence-corrected chi connectivity index (χ0v) is 13.9. The van der Waals surface area contributed by atoms with Crippen LogP contribution in [0.25, 0.3) is 6.08 Å². The average Bonchev–Trinajstić information content (AvgIpc) is 2.49. The summed E-state index contributed by atoms with van der Waals surface area (Å²) in [5.41, 5.74) is 0.949. The van der Waals surface area contributed by atoms with Crippen LogP contribution in [0, 0.1) is 0 Å². The number of nitrogens with zero attached hydrogens (tertiary/aromatic N) is 1. The van der Waals surface area contributed by atoms with Gasteiger partial charge in [-0.15, -0.1) is 0 Å². The summed E-state index contributed by atoms with van der Waals surface area (Å²) in [4.78, 5) is 2.05. The van der Waals surface area contributed by atoms with Crippen molar-refractivity contribution in [3.05, 3.63) is 35.6 Å². The minimum Gasteiger partial charge on any atom is -0.507 e. The standard InChI is InChI=1S/C18H25NO4/c1-5-11(3)23-18-12(6-2)14(20)9-15(21)17(18)13-7-8-19(4)10-16(13)22/h5-6,9,13,16,20-22H,2,7-8,10H2,1,3-4H3/b11-5-. The Labute approximate surface area is 137 Å². The maximum absolute atomic E-state index is 10.5. The quantitative estimate of drug-likeness (QED) is 0.744. The maximum atomic E-state index is 10.5. The minimum atomic E-state index is -0.616. The summed E-state index contributed by atoms with van der Waals surface area (Å²) in [6, 6.07) is 1.29. The van der Waals surface area contributed by atoms with Crippen molar-refractivity contribution in [2.75, 3.05) is 20.1 Å². The molecule has 3 N–H and O–H groups in total. The number of piperidine rings is 1. The molecule has 1 saturated heterocycles. The Hall–Kier alpha value is -1.98. The van der Waals surface area contributed by atoms with Crippen LogP contribution in [0.1, 0.15) is 37.3 Å². The second kappa shape index (κ2) is 7.06. The van der Waals surface area contributed by atoms with Crippen molar-refractivity contribution in [2.24, 2.45) is 0 Å². The lowest BCUT2D eigenvalue weighted by Crippen LogP contribution is -2.40. The van der Waals surface area contributed by atoms with Gasteiger partial charge < -0.3 is 25.0 Å². The van der Waals surface area contributed by atoms with E-state index < -0.39 is 6.10 Å². The molecule has 23 heavy (non-hydrogen) atoms. The lowest BCUT2D eigenvalue weighted by Gasteiger charge is -2.35. The summed E-state index contributed by atoms with van der Waals surface area (Å²) in [6.07, 6.45) is 3.37. The highest BCUT2D eigenvalue weighted by atomic mass is 16.5. The third-order valence-electron chi connectivity index (χ3n) is 4.34. The third-order valence-corrected chi connectivity index (χ3v) is 4.34. The fourth-order valence-electron chi connectivity index (χ4n) is 2.97. The first-order valence-corrected chi connectivity index (χ1v) is 7.77. The Morgan fingerprint density at radius 1 is 1.39 bits per heavy atom. The molecule has 0 saturated carbocycles. The molecule has 1 aromatic rings. The van der Waals surface area contributed by atoms with Crippen molar-refractivity contribution < 1.29 is 20.1 Å². The molecule has 5 heteroatoms. The predicted octanol–water partition coefficient (Wildman–Crippen LogP) is 2.82. The molecule has 0 aliphatic carbocycles. The number of phenols is 2. The van der Waals surface area contributed by atoms with Gasteiger partial charge in [0.2, 0.25) is 0 Å². The van der Waals surface area contributed by atoms with Gasteiger partial charge in [0.25, 0.3) is 0 Å². The van der Waals surface area contributed by atoms with E-state index in [2.05, 4.69) is 6.58 Å². The van der Waals surface area contributed by atoms with Gasteiger partial charge in [-0.2, -0.15) is 0 Å². The van der Waals surface area contributed by atoms with E-state index in [0.717, 1.165) is 6.54 Å². The Morgan fingerprint density at radius 2 is 2.09 bits per heavy atom. The second-order valence-corrected chi connectivity index (χ2v) is 6.00. The van der Waals surface area contributed by atoms with Gasteiger partial charge in [-0.25, -0.2) is 0 Å². The van der Waals surface area contributed by atoms with Crippen LogP contribution in [0.4, 0.5) is 0 Å². The summed E-state index contributed by atoms with van der Waals surface area (Å²) >= 11 is 0. The summed E-state index contributed by atoms with van der Waals surface area (Å²) < 4.78 is 5.85. The number of ether oxygens (including phenoxy) is 1. The van der Waals surface area contributed by atoms with Gasteiger partial charge in [-0.3, -0.25) is 0 Å². The van der Waals surface area contributed by atoms with E-state index in [1.165, 1.54) is 12.1 Å². The van der Waals surface area contributed by atoms with E-state index in [1.54, 1.807) is 13.0 Å². The summed E-state index contributed by atoms with van der Waals surface area (Å²) in [5, 5.41) is 30.9. The normalized spacial score (nSPS) is 22.9. The SMILES string of the molecule is C=Cc1c(O)cc(O)c(C2CCN(C)CC2O)c1O/C(C)=C\C. The van der Waals surface area contributed by atoms with Gasteiger partial charge in [-0.1, -0.05) is 12.7 Å². The maximum Gasteiger partial charge on any atom is 0.145 e. The first-order valence-electron chi connectivity index (χ1n) is 7.77. The van der Waals surface area contributed by atoms with E-state index >= 15 is 0 Å². The molecule has 5 nitrogen and oxygen atoms in total. The van der Waals surface area contributed by atoms with Crippen molar-refractivity contribution in [2.45, 2.75) is 32.3 Å². The number of allylic oxidation sites excluding steroid dienone is 2. The number of β-amino-alcohol motifs (C(OH)–C–C–N with tert-alkyl or cyclic N) is 1. The van der Waals surface area contributed by atoms with Crippen LogP contribution >= 0.6 is 0 Å². The highest BCUT2D eigenvalue weighted by Crippen LogP contribution is 2.46. The highest BCUT2D eigenvalue weighted by Gasteiger charge is 2.33. The summed E-state index contributed by atoms with van der Waals surface area (Å²) in [7, 11) is 1.95. The fraction of sp³-hybridized carbons (Fsp3) is 0.444. The third kappa shape index (κ3) is 3.51. The minimum absolute atomic E-state index is 0.0689. The number of hydrogen-bond acceptors (Lipinski definition) is 5. The zero-order chi connectivity index (χ0) is 17.1. The number of likely N-dealkylation sites (N-methyl/N-ethyl adjacent to an activating group) is 1. The zero-order valence-electron chi connectivity index (χ0n) is 13.9. The van der Waals surface area contributed by atoms with Gasteiger partial charge >= 0.3 is 0 Å². The molecule has 0 aromatic heterocycles. The first-order chi connectivity index (χ1) is 10.9. The Balaban J connectivity index is 2.58. The van der Waals surface area contributed by atoms with E-state index in [1.807, 2.05) is 18.9 Å². The molecular weight excluding hydrogens is 294 g/mol. The molecule has 126 valence electrons. The van der Waals surface area contributed by atoms with Gasteiger partial charge in [0.05, 0.1) is 17.4 Å². The number of aromatic hydroxyl groups is 2. The van der Waals surface area contributed by atoms with E-state index in [4.69, 9.17) is 4.74 Å². The molecule has 0 amide bonds. The van der Waals surface area contributed by atoms with Crippen molar-refractivity contribution in [1.29, 1.82) is 0 Å². The summed E-state index contributed by atoms with van der Waals surface area (Å²) in [6.45, 7) is 8.70. The van der Waals surface area contributed by atoms with E-state index in [0.29, 0.717) is 35.6 Å². The Morgan fingerprint density at radius 3 is 2.65 bits per heavy atom. The van der Waals surface area contributed by atoms with Crippen molar-refractivity contribution in [1.82, 2.24) is 4.90 Å². The van der Waals surface area contributed by atoms with Crippen LogP contribution < -0.4 is 4.74 Å². The summed E-state index contributed by atoms with van der Waals surface area (Å²) in [5.74, 6) is 0.580. The van der Waals surface area contributed by atoms with Crippen molar-refractivity contribution in [3.63, 3.8) is 0 Å². The molecule has 2 unspecified atom stereocenters. The average molecular weight is 319 g/mol. The largest absolute Gasteiger partial charge is 0.507 e. The lowest BCUT2D eigenvalue weighted by atomic mass is 9.84. The molecule has 1 aliphatic heterocycles. The predicted molar refractivity (Wildman–Crippen MR) is 90.8 cm³/mol. The first kappa shape index (κ1) is 17.4. The molecule has 0 spiro atoms. The van der Waals surface area contributed by atoms with Crippen LogP contribution in [0.2, 0.25) is 0 Å². The number of aliphatic hydroxyl groups is 1. The Bertz CT molecular complexity index is 624. The van der Waals surface area contributed by atoms with Gasteiger partial charge in [0.15, 0.2) is 0 Å². The number of phenolic OH excluding ortho intramolecular Hbond substituents is 2. The molecular formula is C18H25NO4. The van der Waals surface area contributed by atoms with Gasteiger partial charge in [-0.05, 0) is 39.9 Å². The van der Waals surface area contributed by atoms with Crippen LogP contribution in [0.3, 0.4) is 0 Å². The molecule has 1 aromatic carbocycles. The number of hydrogen-bond donors (Lipinski definition) is 3. The molecule has 1 aliphatic rings. The lowest BCUT2D eigenvalue weighted by molar-refractivity contribution is 0.0620. The van der Waals surface area contributed by atoms with Crippen LogP contribution in [0.5, 0.6) is 17.2 Å². The number of benzene rings is 1. The van der Waals surface area contributed by atoms with Crippen LogP contribution in [0.15, 0.2) is 24.5 Å². The topological polar surface area (TPSA) is 73.2 Å². The molecule has 0 radical (unpaired) electrons. The van der Waals surface area contributed by atoms with E-state index in [9.17, 15) is 15.3 Å². The molecule has 1 heterocycles. The molecule has 0 bridgehead atoms. The number of aliphatic hydroxyl groups excluding tert-OH is 1. The second-order valence-electron chi connectivity index (χ2n) is 6.00. The monoisotopic (exact) mass is 319 g/mol. The smallest absolute Gasteiger partial charge is 0.145 e.